The van der Waals surface area contributed by atoms with Gasteiger partial charge in [0.15, 0.2) is 11.6 Å². The summed E-state index contributed by atoms with van der Waals surface area (Å²) in [5, 5.41) is 0. The van der Waals surface area contributed by atoms with E-state index >= 15 is 0 Å². The van der Waals surface area contributed by atoms with Gasteiger partial charge in [0.25, 0.3) is 0 Å². The van der Waals surface area contributed by atoms with Gasteiger partial charge in [-0.25, -0.2) is 8.78 Å². The van der Waals surface area contributed by atoms with Crippen molar-refractivity contribution in [2.45, 2.75) is 20.5 Å². The van der Waals surface area contributed by atoms with Gasteiger partial charge in [0.05, 0.1) is 0 Å². The lowest BCUT2D eigenvalue weighted by Gasteiger charge is -2.10. The van der Waals surface area contributed by atoms with Gasteiger partial charge in [-0.3, -0.25) is 0 Å². The molecule has 0 bridgehead atoms. The molecule has 94 valence electrons. The average Bonchev–Trinajstić information content (AvgIpc) is 2.32. The lowest BCUT2D eigenvalue weighted by Crippen LogP contribution is -2.00. The van der Waals surface area contributed by atoms with Gasteiger partial charge in [0.2, 0.25) is 0 Å². The second-order valence-corrected chi connectivity index (χ2v) is 4.29. The van der Waals surface area contributed by atoms with E-state index in [4.69, 9.17) is 4.74 Å². The number of hydrogen-bond acceptors (Lipinski definition) is 1. The number of benzene rings is 2. The van der Waals surface area contributed by atoms with Crippen molar-refractivity contribution in [3.05, 3.63) is 64.7 Å². The molecule has 0 spiro atoms. The Hall–Kier alpha value is -1.90. The van der Waals surface area contributed by atoms with Crippen LogP contribution in [0.3, 0.4) is 0 Å². The van der Waals surface area contributed by atoms with Crippen molar-refractivity contribution in [1.82, 2.24) is 0 Å². The van der Waals surface area contributed by atoms with Crippen LogP contribution in [-0.2, 0) is 6.61 Å². The first-order chi connectivity index (χ1) is 8.56. The fourth-order valence-corrected chi connectivity index (χ4v) is 1.70. The third-order valence-electron chi connectivity index (χ3n) is 2.77. The van der Waals surface area contributed by atoms with Crippen LogP contribution in [0, 0.1) is 25.5 Å². The normalized spacial score (nSPS) is 10.4. The molecule has 0 saturated carbocycles. The molecule has 0 atom stereocenters. The van der Waals surface area contributed by atoms with Crippen molar-refractivity contribution in [2.24, 2.45) is 0 Å². The predicted molar refractivity (Wildman–Crippen MR) is 66.6 cm³/mol. The molecule has 18 heavy (non-hydrogen) atoms. The van der Waals surface area contributed by atoms with Gasteiger partial charge in [-0.1, -0.05) is 12.1 Å². The quantitative estimate of drug-likeness (QED) is 0.792. The molecule has 3 heteroatoms. The summed E-state index contributed by atoms with van der Waals surface area (Å²) in [5.74, 6) is -0.447. The highest BCUT2D eigenvalue weighted by Gasteiger charge is 2.05. The topological polar surface area (TPSA) is 9.23 Å². The molecule has 2 rings (SSSR count). The fourth-order valence-electron chi connectivity index (χ4n) is 1.70. The summed E-state index contributed by atoms with van der Waals surface area (Å²) in [6.07, 6.45) is 0. The molecule has 0 amide bonds. The number of aryl methyl sites for hydroxylation is 2. The number of hydrogen-bond donors (Lipinski definition) is 0. The molecule has 2 aromatic rings. The minimum Gasteiger partial charge on any atom is -0.486 e. The molecule has 0 heterocycles. The highest BCUT2D eigenvalue weighted by molar-refractivity contribution is 5.31. The summed E-state index contributed by atoms with van der Waals surface area (Å²) in [6.45, 7) is 3.90. The Bertz CT molecular complexity index is 564. The Morgan fingerprint density at radius 2 is 1.78 bits per heavy atom. The van der Waals surface area contributed by atoms with Crippen molar-refractivity contribution in [2.75, 3.05) is 0 Å². The zero-order chi connectivity index (χ0) is 13.1. The smallest absolute Gasteiger partial charge is 0.165 e. The van der Waals surface area contributed by atoms with E-state index in [0.717, 1.165) is 16.7 Å². The molecule has 0 saturated heterocycles. The molecule has 0 aliphatic carbocycles. The number of ether oxygens (including phenoxy) is 1. The molecule has 0 aromatic heterocycles. The molecular formula is C15H14F2O. The van der Waals surface area contributed by atoms with Crippen molar-refractivity contribution in [3.8, 4) is 5.75 Å². The van der Waals surface area contributed by atoms with Gasteiger partial charge in [-0.15, -0.1) is 0 Å². The van der Waals surface area contributed by atoms with Crippen LogP contribution < -0.4 is 4.74 Å². The Labute approximate surface area is 105 Å². The third kappa shape index (κ3) is 2.86. The maximum atomic E-state index is 13.5. The van der Waals surface area contributed by atoms with Crippen LogP contribution in [-0.4, -0.2) is 0 Å². The number of halogens is 2. The van der Waals surface area contributed by atoms with E-state index in [1.165, 1.54) is 18.2 Å². The van der Waals surface area contributed by atoms with Gasteiger partial charge in [-0.05, 0) is 54.8 Å². The largest absolute Gasteiger partial charge is 0.486 e. The van der Waals surface area contributed by atoms with Crippen LogP contribution in [0.2, 0.25) is 0 Å². The highest BCUT2D eigenvalue weighted by atomic mass is 19.1. The van der Waals surface area contributed by atoms with Crippen LogP contribution in [0.15, 0.2) is 36.4 Å². The van der Waals surface area contributed by atoms with Crippen molar-refractivity contribution < 1.29 is 13.5 Å². The first-order valence-electron chi connectivity index (χ1n) is 5.70. The summed E-state index contributed by atoms with van der Waals surface area (Å²) < 4.78 is 31.8. The van der Waals surface area contributed by atoms with E-state index in [9.17, 15) is 8.78 Å². The molecular weight excluding hydrogens is 234 g/mol. The van der Waals surface area contributed by atoms with Gasteiger partial charge in [-0.2, -0.15) is 0 Å². The first-order valence-corrected chi connectivity index (χ1v) is 5.70. The Balaban J connectivity index is 2.13. The van der Waals surface area contributed by atoms with Gasteiger partial charge >= 0.3 is 0 Å². The van der Waals surface area contributed by atoms with Crippen LogP contribution >= 0.6 is 0 Å². The second kappa shape index (κ2) is 5.17. The maximum absolute atomic E-state index is 13.5. The predicted octanol–water partition coefficient (Wildman–Crippen LogP) is 4.16. The lowest BCUT2D eigenvalue weighted by atomic mass is 10.1. The molecule has 0 N–H and O–H groups in total. The number of rotatable bonds is 3. The van der Waals surface area contributed by atoms with Crippen molar-refractivity contribution in [1.29, 1.82) is 0 Å². The Kier molecular flexibility index (Phi) is 3.60. The summed E-state index contributed by atoms with van der Waals surface area (Å²) in [7, 11) is 0. The standard InChI is InChI=1S/C15H14F2O/c1-10-3-6-14(17)15(7-10)18-9-12-4-5-13(16)8-11(12)2/h3-8H,9H2,1-2H3. The van der Waals surface area contributed by atoms with Gasteiger partial charge < -0.3 is 4.74 Å². The minimum atomic E-state index is -0.389. The van der Waals surface area contributed by atoms with Crippen LogP contribution in [0.25, 0.3) is 0 Å². The molecule has 0 unspecified atom stereocenters. The molecule has 0 aliphatic heterocycles. The van der Waals surface area contributed by atoms with E-state index in [1.807, 2.05) is 6.92 Å². The average molecular weight is 248 g/mol. The Morgan fingerprint density at radius 1 is 1.00 bits per heavy atom. The fraction of sp³-hybridized carbons (Fsp3) is 0.200. The monoisotopic (exact) mass is 248 g/mol. The van der Waals surface area contributed by atoms with E-state index in [-0.39, 0.29) is 24.0 Å². The van der Waals surface area contributed by atoms with Crippen molar-refractivity contribution >= 4 is 0 Å². The van der Waals surface area contributed by atoms with Crippen molar-refractivity contribution in [3.63, 3.8) is 0 Å². The summed E-state index contributed by atoms with van der Waals surface area (Å²) >= 11 is 0. The van der Waals surface area contributed by atoms with Crippen LogP contribution in [0.1, 0.15) is 16.7 Å². The molecule has 1 nitrogen and oxygen atoms in total. The Morgan fingerprint density at radius 3 is 2.50 bits per heavy atom. The summed E-state index contributed by atoms with van der Waals surface area (Å²) in [6, 6.07) is 9.17. The molecule has 0 aliphatic rings. The zero-order valence-electron chi connectivity index (χ0n) is 10.3. The zero-order valence-corrected chi connectivity index (χ0v) is 10.3. The lowest BCUT2D eigenvalue weighted by molar-refractivity contribution is 0.289. The molecule has 0 fully saturated rings. The molecule has 0 radical (unpaired) electrons. The van der Waals surface area contributed by atoms with Gasteiger partial charge in [0.1, 0.15) is 12.4 Å². The van der Waals surface area contributed by atoms with Gasteiger partial charge in [0, 0.05) is 0 Å². The van der Waals surface area contributed by atoms with E-state index < -0.39 is 0 Å². The SMILES string of the molecule is Cc1ccc(F)c(OCc2ccc(F)cc2C)c1. The van der Waals surface area contributed by atoms with E-state index in [2.05, 4.69) is 0 Å². The van der Waals surface area contributed by atoms with E-state index in [0.29, 0.717) is 0 Å². The minimum absolute atomic E-state index is 0.221. The first kappa shape index (κ1) is 12.6. The van der Waals surface area contributed by atoms with E-state index in [1.54, 1.807) is 25.1 Å². The third-order valence-corrected chi connectivity index (χ3v) is 2.77. The van der Waals surface area contributed by atoms with Crippen LogP contribution in [0.4, 0.5) is 8.78 Å². The van der Waals surface area contributed by atoms with Crippen LogP contribution in [0.5, 0.6) is 5.75 Å². The maximum Gasteiger partial charge on any atom is 0.165 e. The highest BCUT2D eigenvalue weighted by Crippen LogP contribution is 2.20. The second-order valence-electron chi connectivity index (χ2n) is 4.29. The summed E-state index contributed by atoms with van der Waals surface area (Å²) in [4.78, 5) is 0. The summed E-state index contributed by atoms with van der Waals surface area (Å²) in [5.41, 5.74) is 2.57. The molecule has 2 aromatic carbocycles.